The molecule has 4 rings (SSSR count). The van der Waals surface area contributed by atoms with Gasteiger partial charge in [0.15, 0.2) is 0 Å². The Morgan fingerprint density at radius 1 is 0.943 bits per heavy atom. The van der Waals surface area contributed by atoms with Gasteiger partial charge in [-0.05, 0) is 48.0 Å². The summed E-state index contributed by atoms with van der Waals surface area (Å²) < 4.78 is 27.9. The summed E-state index contributed by atoms with van der Waals surface area (Å²) >= 11 is 0. The first kappa shape index (κ1) is 23.7. The van der Waals surface area contributed by atoms with E-state index >= 15 is 0 Å². The highest BCUT2D eigenvalue weighted by molar-refractivity contribution is 7.90. The van der Waals surface area contributed by atoms with Crippen LogP contribution < -0.4 is 21.3 Å². The van der Waals surface area contributed by atoms with E-state index < -0.39 is 16.0 Å². The molecule has 4 N–H and O–H groups in total. The molecule has 1 aliphatic rings. The van der Waals surface area contributed by atoms with Gasteiger partial charge in [-0.15, -0.1) is 4.40 Å². The van der Waals surface area contributed by atoms with Gasteiger partial charge in [-0.25, -0.2) is 4.99 Å². The summed E-state index contributed by atoms with van der Waals surface area (Å²) in [6, 6.07) is 22.7. The molecule has 10 heteroatoms. The molecule has 0 saturated heterocycles. The first-order chi connectivity index (χ1) is 16.7. The number of guanidine groups is 1. The zero-order valence-electron chi connectivity index (χ0n) is 19.2. The molecule has 3 aromatic carbocycles. The molecule has 9 nitrogen and oxygen atoms in total. The number of carbonyl (C=O) groups excluding carboxylic acids is 1. The van der Waals surface area contributed by atoms with Crippen LogP contribution in [-0.4, -0.2) is 40.2 Å². The van der Waals surface area contributed by atoms with E-state index in [9.17, 15) is 13.2 Å². The van der Waals surface area contributed by atoms with Gasteiger partial charge in [0, 0.05) is 25.3 Å². The molecule has 0 spiro atoms. The van der Waals surface area contributed by atoms with E-state index in [1.165, 1.54) is 29.2 Å². The van der Waals surface area contributed by atoms with Crippen LogP contribution in [-0.2, 0) is 14.8 Å². The Morgan fingerprint density at radius 3 is 2.14 bits per heavy atom. The lowest BCUT2D eigenvalue weighted by atomic mass is 10.1. The van der Waals surface area contributed by atoms with Crippen LogP contribution in [0.1, 0.15) is 11.1 Å². The number of hydrogen-bond donors (Lipinski definition) is 2. The molecule has 3 aromatic rings. The number of aliphatic imine (C=N–C) groups is 1. The predicted octanol–water partition coefficient (Wildman–Crippen LogP) is 2.55. The van der Waals surface area contributed by atoms with Crippen LogP contribution in [0.25, 0.3) is 6.08 Å². The maximum absolute atomic E-state index is 13.5. The fraction of sp³-hybridized carbons (Fsp3) is 0.0800. The molecule has 1 aliphatic heterocycles. The monoisotopic (exact) mass is 488 g/mol. The third kappa shape index (κ3) is 5.07. The highest BCUT2D eigenvalue weighted by Crippen LogP contribution is 2.29. The number of benzene rings is 3. The Balaban J connectivity index is 1.74. The molecule has 0 unspecified atom stereocenters. The van der Waals surface area contributed by atoms with Crippen molar-refractivity contribution in [3.8, 4) is 0 Å². The number of carbonyl (C=O) groups is 1. The van der Waals surface area contributed by atoms with E-state index in [0.29, 0.717) is 11.5 Å². The Kier molecular flexibility index (Phi) is 6.39. The van der Waals surface area contributed by atoms with Crippen molar-refractivity contribution in [2.45, 2.75) is 4.90 Å². The first-order valence-corrected chi connectivity index (χ1v) is 12.0. The summed E-state index contributed by atoms with van der Waals surface area (Å²) in [5, 5.41) is 0. The fourth-order valence-electron chi connectivity index (χ4n) is 3.52. The Hall–Kier alpha value is -4.44. The Labute approximate surface area is 203 Å². The van der Waals surface area contributed by atoms with Gasteiger partial charge in [0.25, 0.3) is 15.9 Å². The van der Waals surface area contributed by atoms with Crippen molar-refractivity contribution >= 4 is 45.2 Å². The van der Waals surface area contributed by atoms with E-state index in [4.69, 9.17) is 11.5 Å². The number of sulfonamides is 1. The minimum absolute atomic E-state index is 0.101. The predicted molar refractivity (Wildman–Crippen MR) is 139 cm³/mol. The van der Waals surface area contributed by atoms with Crippen molar-refractivity contribution in [3.05, 3.63) is 95.7 Å². The van der Waals surface area contributed by atoms with E-state index in [2.05, 4.69) is 9.39 Å². The number of amidine groups is 1. The Morgan fingerprint density at radius 2 is 1.57 bits per heavy atom. The van der Waals surface area contributed by atoms with Gasteiger partial charge in [0.05, 0.1) is 10.6 Å². The van der Waals surface area contributed by atoms with Crippen molar-refractivity contribution < 1.29 is 13.2 Å². The molecule has 0 aromatic heterocycles. The fourth-order valence-corrected chi connectivity index (χ4v) is 4.39. The third-order valence-corrected chi connectivity index (χ3v) is 6.54. The minimum Gasteiger partial charge on any atom is -0.378 e. The van der Waals surface area contributed by atoms with Gasteiger partial charge >= 0.3 is 0 Å². The molecule has 1 heterocycles. The maximum atomic E-state index is 13.5. The lowest BCUT2D eigenvalue weighted by Crippen LogP contribution is -2.32. The lowest BCUT2D eigenvalue weighted by molar-refractivity contribution is -0.113. The molecular weight excluding hydrogens is 464 g/mol. The summed E-state index contributed by atoms with van der Waals surface area (Å²) in [6.07, 6.45) is 1.72. The van der Waals surface area contributed by atoms with Crippen molar-refractivity contribution in [2.75, 3.05) is 23.9 Å². The molecule has 0 radical (unpaired) electrons. The van der Waals surface area contributed by atoms with Crippen molar-refractivity contribution in [3.63, 3.8) is 0 Å². The smallest absolute Gasteiger partial charge is 0.285 e. The number of hydrogen-bond acceptors (Lipinski definition) is 5. The summed E-state index contributed by atoms with van der Waals surface area (Å²) in [6.45, 7) is 0. The van der Waals surface area contributed by atoms with Crippen molar-refractivity contribution in [1.82, 2.24) is 0 Å². The molecular formula is C25H24N6O3S. The van der Waals surface area contributed by atoms with Crippen LogP contribution in [0.15, 0.2) is 98.8 Å². The second-order valence-electron chi connectivity index (χ2n) is 7.94. The molecule has 0 fully saturated rings. The molecule has 0 saturated carbocycles. The second kappa shape index (κ2) is 9.43. The first-order valence-electron chi connectivity index (χ1n) is 10.6. The quantitative estimate of drug-likeness (QED) is 0.311. The number of anilines is 2. The maximum Gasteiger partial charge on any atom is 0.285 e. The Bertz CT molecular complexity index is 1440. The lowest BCUT2D eigenvalue weighted by Gasteiger charge is -2.18. The van der Waals surface area contributed by atoms with Crippen molar-refractivity contribution in [1.29, 1.82) is 0 Å². The van der Waals surface area contributed by atoms with Crippen LogP contribution in [0.5, 0.6) is 0 Å². The number of nitrogens with two attached hydrogens (primary N) is 2. The molecule has 0 aliphatic carbocycles. The van der Waals surface area contributed by atoms with Crippen LogP contribution in [0, 0.1) is 0 Å². The van der Waals surface area contributed by atoms with Crippen LogP contribution >= 0.6 is 0 Å². The summed E-state index contributed by atoms with van der Waals surface area (Å²) in [4.78, 5) is 21.4. The summed E-state index contributed by atoms with van der Waals surface area (Å²) in [5.74, 6) is -0.456. The normalized spacial score (nSPS) is 14.7. The SMILES string of the molecule is CN(C)c1ccc(/C=C2\N=C(c3ccccc3)N(c3ccc(S(=O)(=O)N=C(N)N)cc3)C2=O)cc1. The molecule has 35 heavy (non-hydrogen) atoms. The van der Waals surface area contributed by atoms with Gasteiger partial charge in [-0.2, -0.15) is 8.42 Å². The molecule has 1 amide bonds. The average molecular weight is 489 g/mol. The summed E-state index contributed by atoms with van der Waals surface area (Å²) in [5.41, 5.74) is 13.8. The largest absolute Gasteiger partial charge is 0.378 e. The van der Waals surface area contributed by atoms with Gasteiger partial charge < -0.3 is 16.4 Å². The highest BCUT2D eigenvalue weighted by Gasteiger charge is 2.32. The molecule has 0 bridgehead atoms. The van der Waals surface area contributed by atoms with Gasteiger partial charge in [0.2, 0.25) is 5.96 Å². The third-order valence-electron chi connectivity index (χ3n) is 5.22. The highest BCUT2D eigenvalue weighted by atomic mass is 32.2. The van der Waals surface area contributed by atoms with E-state index in [1.54, 1.807) is 6.08 Å². The number of amides is 1. The van der Waals surface area contributed by atoms with Crippen LogP contribution in [0.2, 0.25) is 0 Å². The molecule has 0 atom stereocenters. The van der Waals surface area contributed by atoms with Gasteiger partial charge in [0.1, 0.15) is 11.5 Å². The van der Waals surface area contributed by atoms with Crippen LogP contribution in [0.4, 0.5) is 11.4 Å². The second-order valence-corrected chi connectivity index (χ2v) is 9.55. The standard InChI is InChI=1S/C25H24N6O3S/c1-30(2)19-10-8-17(9-11-19)16-22-24(32)31(23(28-22)18-6-4-3-5-7-18)20-12-14-21(15-13-20)35(33,34)29-25(26)27/h3-16H,1-2H3,(H4,26,27,29)/b22-16-. The average Bonchev–Trinajstić information content (AvgIpc) is 3.15. The number of nitrogens with zero attached hydrogens (tertiary/aromatic N) is 4. The number of rotatable bonds is 6. The minimum atomic E-state index is -4.05. The summed E-state index contributed by atoms with van der Waals surface area (Å²) in [7, 11) is -0.142. The molecule has 178 valence electrons. The van der Waals surface area contributed by atoms with Gasteiger partial charge in [-0.1, -0.05) is 42.5 Å². The van der Waals surface area contributed by atoms with Gasteiger partial charge in [-0.3, -0.25) is 9.69 Å². The van der Waals surface area contributed by atoms with E-state index in [1.807, 2.05) is 73.6 Å². The van der Waals surface area contributed by atoms with E-state index in [-0.39, 0.29) is 16.5 Å². The van der Waals surface area contributed by atoms with E-state index in [0.717, 1.165) is 16.8 Å². The zero-order chi connectivity index (χ0) is 25.2. The van der Waals surface area contributed by atoms with Crippen molar-refractivity contribution in [2.24, 2.45) is 20.9 Å². The topological polar surface area (TPSA) is 134 Å². The van der Waals surface area contributed by atoms with Crippen LogP contribution in [0.3, 0.4) is 0 Å². The zero-order valence-corrected chi connectivity index (χ0v) is 20.0.